The highest BCUT2D eigenvalue weighted by Gasteiger charge is 2.13. The van der Waals surface area contributed by atoms with Crippen molar-refractivity contribution in [3.05, 3.63) is 23.8 Å². The summed E-state index contributed by atoms with van der Waals surface area (Å²) in [6.45, 7) is 5.43. The summed E-state index contributed by atoms with van der Waals surface area (Å²) in [6, 6.07) is 6.24. The number of hydrogen-bond acceptors (Lipinski definition) is 3. The second kappa shape index (κ2) is 5.21. The van der Waals surface area contributed by atoms with Gasteiger partial charge in [-0.2, -0.15) is 0 Å². The van der Waals surface area contributed by atoms with E-state index < -0.39 is 0 Å². The highest BCUT2D eigenvalue weighted by molar-refractivity contribution is 5.50. The molecule has 0 spiro atoms. The summed E-state index contributed by atoms with van der Waals surface area (Å²) >= 11 is 0. The van der Waals surface area contributed by atoms with Crippen molar-refractivity contribution in [3.8, 4) is 5.75 Å². The van der Waals surface area contributed by atoms with Crippen LogP contribution >= 0.6 is 0 Å². The highest BCUT2D eigenvalue weighted by Crippen LogP contribution is 2.21. The molecule has 1 fully saturated rings. The first-order valence-corrected chi connectivity index (χ1v) is 5.89. The third kappa shape index (κ3) is 2.67. The van der Waals surface area contributed by atoms with Crippen LogP contribution in [0.15, 0.2) is 18.2 Å². The van der Waals surface area contributed by atoms with Crippen molar-refractivity contribution in [2.24, 2.45) is 5.92 Å². The molecule has 88 valence electrons. The van der Waals surface area contributed by atoms with Gasteiger partial charge in [0.15, 0.2) is 0 Å². The molecule has 2 N–H and O–H groups in total. The Labute approximate surface area is 97.2 Å². The normalized spacial score (nSPS) is 19.8. The molecule has 0 bridgehead atoms. The van der Waals surface area contributed by atoms with Crippen LogP contribution in [0.1, 0.15) is 12.0 Å². The lowest BCUT2D eigenvalue weighted by atomic mass is 10.1. The zero-order valence-corrected chi connectivity index (χ0v) is 10.0. The van der Waals surface area contributed by atoms with Crippen molar-refractivity contribution < 1.29 is 4.74 Å². The van der Waals surface area contributed by atoms with E-state index in [4.69, 9.17) is 4.74 Å². The molecule has 16 heavy (non-hydrogen) atoms. The van der Waals surface area contributed by atoms with E-state index in [1.54, 1.807) is 7.11 Å². The van der Waals surface area contributed by atoms with Crippen molar-refractivity contribution in [1.82, 2.24) is 5.32 Å². The van der Waals surface area contributed by atoms with E-state index in [2.05, 4.69) is 29.7 Å². The number of ether oxygens (including phenoxy) is 1. The molecule has 1 aromatic rings. The van der Waals surface area contributed by atoms with Gasteiger partial charge in [-0.3, -0.25) is 0 Å². The van der Waals surface area contributed by atoms with Crippen LogP contribution in [-0.2, 0) is 0 Å². The zero-order chi connectivity index (χ0) is 11.4. The van der Waals surface area contributed by atoms with Crippen LogP contribution in [0.3, 0.4) is 0 Å². The van der Waals surface area contributed by atoms with Crippen LogP contribution in [0.25, 0.3) is 0 Å². The summed E-state index contributed by atoms with van der Waals surface area (Å²) in [5.41, 5.74) is 2.36. The lowest BCUT2D eigenvalue weighted by molar-refractivity contribution is 0.412. The van der Waals surface area contributed by atoms with Gasteiger partial charge in [-0.05, 0) is 56.1 Å². The van der Waals surface area contributed by atoms with Crippen LogP contribution in [0, 0.1) is 12.8 Å². The first kappa shape index (κ1) is 11.3. The smallest absolute Gasteiger partial charge is 0.121 e. The van der Waals surface area contributed by atoms with Gasteiger partial charge < -0.3 is 15.4 Å². The molecule has 1 heterocycles. The van der Waals surface area contributed by atoms with E-state index in [0.29, 0.717) is 0 Å². The first-order valence-electron chi connectivity index (χ1n) is 5.89. The predicted molar refractivity (Wildman–Crippen MR) is 67.2 cm³/mol. The fourth-order valence-electron chi connectivity index (χ4n) is 2.14. The minimum Gasteiger partial charge on any atom is -0.496 e. The number of rotatable bonds is 4. The van der Waals surface area contributed by atoms with Crippen LogP contribution < -0.4 is 15.4 Å². The fraction of sp³-hybridized carbons (Fsp3) is 0.538. The van der Waals surface area contributed by atoms with E-state index in [1.807, 2.05) is 6.07 Å². The predicted octanol–water partition coefficient (Wildman–Crippen LogP) is 2.03. The molecule has 0 aliphatic carbocycles. The zero-order valence-electron chi connectivity index (χ0n) is 10.0. The molecule has 0 amide bonds. The van der Waals surface area contributed by atoms with E-state index in [1.165, 1.54) is 17.7 Å². The number of hydrogen-bond donors (Lipinski definition) is 2. The van der Waals surface area contributed by atoms with Crippen molar-refractivity contribution in [3.63, 3.8) is 0 Å². The summed E-state index contributed by atoms with van der Waals surface area (Å²) in [5.74, 6) is 1.72. The summed E-state index contributed by atoms with van der Waals surface area (Å²) < 4.78 is 5.24. The van der Waals surface area contributed by atoms with Gasteiger partial charge in [0.2, 0.25) is 0 Å². The number of nitrogens with one attached hydrogen (secondary N) is 2. The molecule has 3 heteroatoms. The molecule has 1 aromatic carbocycles. The third-order valence-electron chi connectivity index (χ3n) is 3.15. The second-order valence-electron chi connectivity index (χ2n) is 4.42. The monoisotopic (exact) mass is 220 g/mol. The Morgan fingerprint density at radius 1 is 1.50 bits per heavy atom. The van der Waals surface area contributed by atoms with Crippen molar-refractivity contribution in [2.45, 2.75) is 13.3 Å². The van der Waals surface area contributed by atoms with Crippen LogP contribution in [0.2, 0.25) is 0 Å². The van der Waals surface area contributed by atoms with Gasteiger partial charge in [-0.15, -0.1) is 0 Å². The Morgan fingerprint density at radius 2 is 2.38 bits per heavy atom. The van der Waals surface area contributed by atoms with Gasteiger partial charge in [0.05, 0.1) is 7.11 Å². The Kier molecular flexibility index (Phi) is 3.67. The number of benzene rings is 1. The largest absolute Gasteiger partial charge is 0.496 e. The van der Waals surface area contributed by atoms with E-state index in [-0.39, 0.29) is 0 Å². The van der Waals surface area contributed by atoms with Crippen molar-refractivity contribution in [1.29, 1.82) is 0 Å². The SMILES string of the molecule is COc1ccc(NCC2CCNC2)cc1C. The molecule has 1 atom stereocenters. The fourth-order valence-corrected chi connectivity index (χ4v) is 2.14. The Hall–Kier alpha value is -1.22. The number of anilines is 1. The van der Waals surface area contributed by atoms with E-state index in [0.717, 1.165) is 31.3 Å². The minimum absolute atomic E-state index is 0.766. The van der Waals surface area contributed by atoms with E-state index in [9.17, 15) is 0 Å². The number of methoxy groups -OCH3 is 1. The second-order valence-corrected chi connectivity index (χ2v) is 4.42. The topological polar surface area (TPSA) is 33.3 Å². The van der Waals surface area contributed by atoms with Gasteiger partial charge in [0.1, 0.15) is 5.75 Å². The molecular weight excluding hydrogens is 200 g/mol. The molecule has 1 aliphatic heterocycles. The van der Waals surface area contributed by atoms with Crippen LogP contribution in [0.4, 0.5) is 5.69 Å². The first-order chi connectivity index (χ1) is 7.79. The standard InChI is InChI=1S/C13H20N2O/c1-10-7-12(3-4-13(10)16-2)15-9-11-5-6-14-8-11/h3-4,7,11,14-15H,5-6,8-9H2,1-2H3. The summed E-state index contributed by atoms with van der Waals surface area (Å²) in [5, 5.41) is 6.86. The average molecular weight is 220 g/mol. The maximum atomic E-state index is 5.24. The van der Waals surface area contributed by atoms with Crippen molar-refractivity contribution in [2.75, 3.05) is 32.1 Å². The molecule has 2 rings (SSSR count). The lowest BCUT2D eigenvalue weighted by Gasteiger charge is -2.13. The Balaban J connectivity index is 1.91. The van der Waals surface area contributed by atoms with Crippen molar-refractivity contribution >= 4 is 5.69 Å². The summed E-state index contributed by atoms with van der Waals surface area (Å²) in [7, 11) is 1.71. The van der Waals surface area contributed by atoms with Gasteiger partial charge in [0.25, 0.3) is 0 Å². The summed E-state index contributed by atoms with van der Waals surface area (Å²) in [4.78, 5) is 0. The Morgan fingerprint density at radius 3 is 3.00 bits per heavy atom. The maximum absolute atomic E-state index is 5.24. The molecule has 0 saturated carbocycles. The third-order valence-corrected chi connectivity index (χ3v) is 3.15. The van der Waals surface area contributed by atoms with Crippen LogP contribution in [0.5, 0.6) is 5.75 Å². The molecule has 0 aromatic heterocycles. The van der Waals surface area contributed by atoms with Crippen LogP contribution in [-0.4, -0.2) is 26.7 Å². The molecule has 1 saturated heterocycles. The molecule has 0 radical (unpaired) electrons. The molecule has 1 unspecified atom stereocenters. The van der Waals surface area contributed by atoms with Gasteiger partial charge in [-0.25, -0.2) is 0 Å². The average Bonchev–Trinajstić information content (AvgIpc) is 2.79. The van der Waals surface area contributed by atoms with Gasteiger partial charge in [0, 0.05) is 12.2 Å². The van der Waals surface area contributed by atoms with Gasteiger partial charge in [-0.1, -0.05) is 0 Å². The van der Waals surface area contributed by atoms with Gasteiger partial charge >= 0.3 is 0 Å². The summed E-state index contributed by atoms with van der Waals surface area (Å²) in [6.07, 6.45) is 1.28. The maximum Gasteiger partial charge on any atom is 0.121 e. The highest BCUT2D eigenvalue weighted by atomic mass is 16.5. The molecule has 1 aliphatic rings. The van der Waals surface area contributed by atoms with E-state index >= 15 is 0 Å². The molecule has 3 nitrogen and oxygen atoms in total. The lowest BCUT2D eigenvalue weighted by Crippen LogP contribution is -2.17. The number of aryl methyl sites for hydroxylation is 1. The Bertz CT molecular complexity index is 346. The quantitative estimate of drug-likeness (QED) is 0.814. The minimum atomic E-state index is 0.766. The molecular formula is C13H20N2O.